The average Bonchev–Trinajstić information content (AvgIpc) is 3.24. The Morgan fingerprint density at radius 2 is 1.94 bits per heavy atom. The molecule has 0 spiro atoms. The number of hydrogen-bond donors (Lipinski definition) is 1. The number of carbonyl (C=O) groups is 1. The van der Waals surface area contributed by atoms with Gasteiger partial charge in [-0.1, -0.05) is 0 Å². The maximum atomic E-state index is 12.6. The number of nitrogens with one attached hydrogen (secondary N) is 1. The van der Waals surface area contributed by atoms with Crippen LogP contribution in [0.2, 0.25) is 0 Å². The number of amides is 1. The van der Waals surface area contributed by atoms with E-state index < -0.39 is 0 Å². The van der Waals surface area contributed by atoms with Crippen LogP contribution in [0.4, 0.5) is 0 Å². The third-order valence-electron chi connectivity index (χ3n) is 5.44. The van der Waals surface area contributed by atoms with E-state index in [9.17, 15) is 4.79 Å². The first kappa shape index (κ1) is 24.5. The molecule has 2 aromatic carbocycles. The first-order valence-corrected chi connectivity index (χ1v) is 11.6. The molecule has 1 aliphatic rings. The Hall–Kier alpha value is -3.63. The van der Waals surface area contributed by atoms with E-state index in [1.807, 2.05) is 45.4 Å². The van der Waals surface area contributed by atoms with Crippen molar-refractivity contribution in [3.05, 3.63) is 48.2 Å². The number of ether oxygens (including phenoxy) is 4. The zero-order chi connectivity index (χ0) is 24.6. The lowest BCUT2D eigenvalue weighted by Crippen LogP contribution is -2.25. The van der Waals surface area contributed by atoms with Gasteiger partial charge in [-0.3, -0.25) is 9.48 Å². The topological polar surface area (TPSA) is 99.4 Å². The second kappa shape index (κ2) is 11.7. The largest absolute Gasteiger partial charge is 0.491 e. The van der Waals surface area contributed by atoms with Gasteiger partial charge in [0.2, 0.25) is 0 Å². The van der Waals surface area contributed by atoms with Crippen molar-refractivity contribution in [2.75, 3.05) is 40.5 Å². The fourth-order valence-corrected chi connectivity index (χ4v) is 3.70. The van der Waals surface area contributed by atoms with Gasteiger partial charge in [-0.2, -0.15) is 10.2 Å². The van der Waals surface area contributed by atoms with E-state index in [2.05, 4.69) is 15.6 Å². The minimum atomic E-state index is -0.342. The van der Waals surface area contributed by atoms with E-state index in [1.54, 1.807) is 27.9 Å². The van der Waals surface area contributed by atoms with E-state index >= 15 is 0 Å². The molecule has 186 valence electrons. The molecule has 35 heavy (non-hydrogen) atoms. The predicted molar refractivity (Wildman–Crippen MR) is 132 cm³/mol. The molecule has 0 aliphatic carbocycles. The van der Waals surface area contributed by atoms with Crippen LogP contribution in [0, 0.1) is 0 Å². The molecular formula is C25H31N5O5. The van der Waals surface area contributed by atoms with Gasteiger partial charge in [-0.05, 0) is 49.2 Å². The Balaban J connectivity index is 1.39. The summed E-state index contributed by atoms with van der Waals surface area (Å²) in [6.07, 6.45) is 5.33. The van der Waals surface area contributed by atoms with Gasteiger partial charge in [0.05, 0.1) is 18.9 Å². The summed E-state index contributed by atoms with van der Waals surface area (Å²) < 4.78 is 24.8. The minimum absolute atomic E-state index is 0.254. The van der Waals surface area contributed by atoms with Crippen LogP contribution < -0.4 is 14.9 Å². The van der Waals surface area contributed by atoms with E-state index in [0.29, 0.717) is 30.3 Å². The highest BCUT2D eigenvalue weighted by molar-refractivity contribution is 6.00. The van der Waals surface area contributed by atoms with Crippen molar-refractivity contribution in [1.29, 1.82) is 0 Å². The molecule has 0 saturated carbocycles. The number of aryl methyl sites for hydroxylation is 1. The first-order chi connectivity index (χ1) is 17.0. The van der Waals surface area contributed by atoms with Crippen molar-refractivity contribution in [2.24, 2.45) is 12.1 Å². The number of aromatic nitrogens is 2. The number of fused-ring (bicyclic) bond motifs is 1. The summed E-state index contributed by atoms with van der Waals surface area (Å²) in [5.41, 5.74) is 3.72. The summed E-state index contributed by atoms with van der Waals surface area (Å²) >= 11 is 0. The first-order valence-electron chi connectivity index (χ1n) is 11.6. The molecule has 1 N–H and O–H groups in total. The predicted octanol–water partition coefficient (Wildman–Crippen LogP) is 3.17. The third kappa shape index (κ3) is 6.71. The smallest absolute Gasteiger partial charge is 0.271 e. The molecule has 1 aromatic heterocycles. The fraction of sp³-hybridized carbons (Fsp3) is 0.400. The zero-order valence-corrected chi connectivity index (χ0v) is 20.3. The lowest BCUT2D eigenvalue weighted by molar-refractivity contribution is -0.0388. The SMILES string of the molecule is CN(C)/C=N/NC(=O)c1cc(Oc2ccc(OCCOC3CCOCC3)cc2)c2c(cnn2C)c1. The normalized spacial score (nSPS) is 14.4. The molecule has 10 nitrogen and oxygen atoms in total. The molecule has 10 heteroatoms. The molecule has 0 unspecified atom stereocenters. The van der Waals surface area contributed by atoms with Crippen molar-refractivity contribution in [1.82, 2.24) is 20.1 Å². The summed E-state index contributed by atoms with van der Waals surface area (Å²) in [5, 5.41) is 9.02. The second-order valence-electron chi connectivity index (χ2n) is 8.43. The monoisotopic (exact) mass is 481 g/mol. The van der Waals surface area contributed by atoms with Crippen molar-refractivity contribution < 1.29 is 23.7 Å². The van der Waals surface area contributed by atoms with Crippen molar-refractivity contribution in [3.8, 4) is 17.2 Å². The summed E-state index contributed by atoms with van der Waals surface area (Å²) in [5.74, 6) is 1.51. The molecule has 1 amide bonds. The molecule has 0 bridgehead atoms. The number of carbonyl (C=O) groups excluding carboxylic acids is 1. The van der Waals surface area contributed by atoms with Crippen LogP contribution in [0.5, 0.6) is 17.2 Å². The van der Waals surface area contributed by atoms with Gasteiger partial charge in [0, 0.05) is 45.3 Å². The maximum absolute atomic E-state index is 12.6. The quantitative estimate of drug-likeness (QED) is 0.205. The van der Waals surface area contributed by atoms with Crippen molar-refractivity contribution in [3.63, 3.8) is 0 Å². The molecule has 0 atom stereocenters. The Morgan fingerprint density at radius 3 is 2.69 bits per heavy atom. The Bertz CT molecular complexity index is 1150. The fourth-order valence-electron chi connectivity index (χ4n) is 3.70. The van der Waals surface area contributed by atoms with Crippen LogP contribution in [0.1, 0.15) is 23.2 Å². The van der Waals surface area contributed by atoms with Gasteiger partial charge >= 0.3 is 0 Å². The number of rotatable bonds is 10. The standard InChI is InChI=1S/C25H31N5O5/c1-29(2)17-26-28-25(31)18-14-19-16-27-30(3)24(19)23(15-18)35-22-6-4-20(5-7-22)33-12-13-34-21-8-10-32-11-9-21/h4-7,14-17,21H,8-13H2,1-3H3,(H,28,31)/b26-17+. The average molecular weight is 482 g/mol. The summed E-state index contributed by atoms with van der Waals surface area (Å²) in [6.45, 7) is 2.53. The minimum Gasteiger partial charge on any atom is -0.491 e. The molecule has 2 heterocycles. The molecule has 3 aromatic rings. The van der Waals surface area contributed by atoms with Crippen LogP contribution >= 0.6 is 0 Å². The summed E-state index contributed by atoms with van der Waals surface area (Å²) in [4.78, 5) is 14.3. The van der Waals surface area contributed by atoms with Crippen molar-refractivity contribution >= 4 is 23.1 Å². The Labute approximate surface area is 204 Å². The zero-order valence-electron chi connectivity index (χ0n) is 20.3. The van der Waals surface area contributed by atoms with Gasteiger partial charge in [-0.25, -0.2) is 5.43 Å². The van der Waals surface area contributed by atoms with E-state index in [0.717, 1.165) is 42.7 Å². The number of benzene rings is 2. The van der Waals surface area contributed by atoms with Crippen LogP contribution in [-0.2, 0) is 16.5 Å². The number of hydrogen-bond acceptors (Lipinski definition) is 7. The van der Waals surface area contributed by atoms with E-state index in [1.165, 1.54) is 6.34 Å². The Morgan fingerprint density at radius 1 is 1.20 bits per heavy atom. The van der Waals surface area contributed by atoms with E-state index in [4.69, 9.17) is 18.9 Å². The van der Waals surface area contributed by atoms with Crippen LogP contribution in [0.25, 0.3) is 10.9 Å². The molecule has 1 fully saturated rings. The lowest BCUT2D eigenvalue weighted by atomic mass is 10.1. The van der Waals surface area contributed by atoms with Gasteiger partial charge in [0.15, 0.2) is 5.75 Å². The molecule has 1 saturated heterocycles. The van der Waals surface area contributed by atoms with Gasteiger partial charge in [-0.15, -0.1) is 0 Å². The van der Waals surface area contributed by atoms with Crippen LogP contribution in [0.15, 0.2) is 47.7 Å². The lowest BCUT2D eigenvalue weighted by Gasteiger charge is -2.22. The maximum Gasteiger partial charge on any atom is 0.271 e. The molecule has 1 aliphatic heterocycles. The van der Waals surface area contributed by atoms with Gasteiger partial charge < -0.3 is 23.8 Å². The Kier molecular flexibility index (Phi) is 8.17. The second-order valence-corrected chi connectivity index (χ2v) is 8.43. The molecule has 0 radical (unpaired) electrons. The van der Waals surface area contributed by atoms with Crippen molar-refractivity contribution in [2.45, 2.75) is 18.9 Å². The van der Waals surface area contributed by atoms with Crippen LogP contribution in [-0.4, -0.2) is 73.6 Å². The molecule has 4 rings (SSSR count). The van der Waals surface area contributed by atoms with Gasteiger partial charge in [0.25, 0.3) is 5.91 Å². The number of hydrazone groups is 1. The van der Waals surface area contributed by atoms with Gasteiger partial charge in [0.1, 0.15) is 30.0 Å². The summed E-state index contributed by atoms with van der Waals surface area (Å²) in [7, 11) is 5.47. The highest BCUT2D eigenvalue weighted by Crippen LogP contribution is 2.32. The third-order valence-corrected chi connectivity index (χ3v) is 5.44. The highest BCUT2D eigenvalue weighted by atomic mass is 16.5. The van der Waals surface area contributed by atoms with Crippen LogP contribution in [0.3, 0.4) is 0 Å². The highest BCUT2D eigenvalue weighted by Gasteiger charge is 2.16. The molecular weight excluding hydrogens is 450 g/mol. The summed E-state index contributed by atoms with van der Waals surface area (Å²) in [6, 6.07) is 10.8. The number of nitrogens with zero attached hydrogens (tertiary/aromatic N) is 4. The van der Waals surface area contributed by atoms with E-state index in [-0.39, 0.29) is 12.0 Å².